The molecule has 1 aromatic carbocycles. The van der Waals surface area contributed by atoms with Crippen LogP contribution >= 0.6 is 23.5 Å². The monoisotopic (exact) mass is 350 g/mol. The Hall–Kier alpha value is -1.73. The number of methoxy groups -OCH3 is 1. The minimum absolute atomic E-state index is 0.129. The van der Waals surface area contributed by atoms with Crippen molar-refractivity contribution in [3.63, 3.8) is 0 Å². The SMILES string of the molecule is CCSCc1cc(=O)[nH]c(SCc2ccc(C(=O)OC)cc2)n1. The zero-order valence-corrected chi connectivity index (χ0v) is 14.6. The van der Waals surface area contributed by atoms with Crippen LogP contribution in [-0.2, 0) is 16.2 Å². The molecule has 0 aliphatic heterocycles. The van der Waals surface area contributed by atoms with Gasteiger partial charge >= 0.3 is 5.97 Å². The predicted molar refractivity (Wildman–Crippen MR) is 94.0 cm³/mol. The summed E-state index contributed by atoms with van der Waals surface area (Å²) in [5.74, 6) is 2.04. The third-order valence-corrected chi connectivity index (χ3v) is 4.83. The third kappa shape index (κ3) is 5.44. The van der Waals surface area contributed by atoms with Gasteiger partial charge in [-0.2, -0.15) is 11.8 Å². The largest absolute Gasteiger partial charge is 0.465 e. The van der Waals surface area contributed by atoms with Crippen molar-refractivity contribution in [3.8, 4) is 0 Å². The van der Waals surface area contributed by atoms with Crippen LogP contribution in [0.3, 0.4) is 0 Å². The Balaban J connectivity index is 2.01. The van der Waals surface area contributed by atoms with Crippen LogP contribution in [0, 0.1) is 0 Å². The summed E-state index contributed by atoms with van der Waals surface area (Å²) in [6, 6.07) is 8.73. The average Bonchev–Trinajstić information content (AvgIpc) is 2.57. The maximum Gasteiger partial charge on any atom is 0.337 e. The summed E-state index contributed by atoms with van der Waals surface area (Å²) in [6.07, 6.45) is 0. The van der Waals surface area contributed by atoms with Crippen LogP contribution in [0.1, 0.15) is 28.5 Å². The molecule has 2 aromatic rings. The molecule has 7 heteroatoms. The van der Waals surface area contributed by atoms with Crippen molar-refractivity contribution in [2.75, 3.05) is 12.9 Å². The lowest BCUT2D eigenvalue weighted by Gasteiger charge is -2.05. The molecule has 122 valence electrons. The summed E-state index contributed by atoms with van der Waals surface area (Å²) in [5.41, 5.74) is 2.23. The number of aromatic nitrogens is 2. The Bertz CT molecular complexity index is 714. The molecule has 0 spiro atoms. The molecule has 0 saturated carbocycles. The zero-order valence-electron chi connectivity index (χ0n) is 13.0. The number of nitrogens with one attached hydrogen (secondary N) is 1. The molecule has 0 aliphatic carbocycles. The minimum Gasteiger partial charge on any atom is -0.465 e. The standard InChI is InChI=1S/C16H18N2O3S2/c1-3-22-10-13-8-14(19)18-16(17-13)23-9-11-4-6-12(7-5-11)15(20)21-2/h4-8H,3,9-10H2,1-2H3,(H,17,18,19). The van der Waals surface area contributed by atoms with Crippen molar-refractivity contribution < 1.29 is 9.53 Å². The number of hydrogen-bond acceptors (Lipinski definition) is 6. The summed E-state index contributed by atoms with van der Waals surface area (Å²) in [6.45, 7) is 2.07. The van der Waals surface area contributed by atoms with Crippen molar-refractivity contribution in [1.29, 1.82) is 0 Å². The summed E-state index contributed by atoms with van der Waals surface area (Å²) < 4.78 is 4.67. The third-order valence-electron chi connectivity index (χ3n) is 2.98. The lowest BCUT2D eigenvalue weighted by molar-refractivity contribution is 0.0600. The molecular weight excluding hydrogens is 332 g/mol. The highest BCUT2D eigenvalue weighted by molar-refractivity contribution is 7.98. The number of nitrogens with zero attached hydrogens (tertiary/aromatic N) is 1. The van der Waals surface area contributed by atoms with E-state index in [-0.39, 0.29) is 11.5 Å². The number of aromatic amines is 1. The first-order chi connectivity index (χ1) is 11.1. The van der Waals surface area contributed by atoms with Crippen molar-refractivity contribution in [1.82, 2.24) is 9.97 Å². The second-order valence-electron chi connectivity index (χ2n) is 4.66. The summed E-state index contributed by atoms with van der Waals surface area (Å²) in [7, 11) is 1.36. The lowest BCUT2D eigenvalue weighted by Crippen LogP contribution is -2.09. The van der Waals surface area contributed by atoms with Gasteiger partial charge in [-0.05, 0) is 23.4 Å². The molecule has 1 N–H and O–H groups in total. The van der Waals surface area contributed by atoms with Gasteiger partial charge in [0.05, 0.1) is 18.4 Å². The van der Waals surface area contributed by atoms with E-state index in [1.165, 1.54) is 24.9 Å². The number of ether oxygens (including phenoxy) is 1. The molecule has 0 amide bonds. The smallest absolute Gasteiger partial charge is 0.337 e. The van der Waals surface area contributed by atoms with E-state index in [4.69, 9.17) is 0 Å². The van der Waals surface area contributed by atoms with Crippen molar-refractivity contribution in [2.24, 2.45) is 0 Å². The van der Waals surface area contributed by atoms with Gasteiger partial charge in [-0.3, -0.25) is 4.79 Å². The molecule has 2 rings (SSSR count). The van der Waals surface area contributed by atoms with E-state index >= 15 is 0 Å². The Kier molecular flexibility index (Phi) is 6.73. The van der Waals surface area contributed by atoms with Gasteiger partial charge in [-0.25, -0.2) is 9.78 Å². The lowest BCUT2D eigenvalue weighted by atomic mass is 10.1. The molecule has 23 heavy (non-hydrogen) atoms. The Morgan fingerprint density at radius 2 is 2.00 bits per heavy atom. The maximum atomic E-state index is 11.7. The van der Waals surface area contributed by atoms with Gasteiger partial charge in [0.2, 0.25) is 0 Å². The number of carbonyl (C=O) groups is 1. The van der Waals surface area contributed by atoms with E-state index in [1.807, 2.05) is 12.1 Å². The van der Waals surface area contributed by atoms with E-state index in [0.717, 1.165) is 22.8 Å². The molecule has 1 aromatic heterocycles. The van der Waals surface area contributed by atoms with Crippen molar-refractivity contribution >= 4 is 29.5 Å². The van der Waals surface area contributed by atoms with Gasteiger partial charge in [-0.1, -0.05) is 30.8 Å². The molecular formula is C16H18N2O3S2. The summed E-state index contributed by atoms with van der Waals surface area (Å²) in [4.78, 5) is 30.3. The fourth-order valence-corrected chi connectivity index (χ4v) is 3.25. The number of H-pyrrole nitrogens is 1. The van der Waals surface area contributed by atoms with E-state index in [1.54, 1.807) is 23.9 Å². The van der Waals surface area contributed by atoms with E-state index in [9.17, 15) is 9.59 Å². The molecule has 5 nitrogen and oxygen atoms in total. The van der Waals surface area contributed by atoms with Crippen molar-refractivity contribution in [2.45, 2.75) is 23.6 Å². The highest BCUT2D eigenvalue weighted by Gasteiger charge is 2.06. The molecule has 0 radical (unpaired) electrons. The van der Waals surface area contributed by atoms with Crippen LogP contribution in [0.15, 0.2) is 40.3 Å². The van der Waals surface area contributed by atoms with E-state index in [0.29, 0.717) is 16.5 Å². The van der Waals surface area contributed by atoms with Gasteiger partial charge < -0.3 is 9.72 Å². The van der Waals surface area contributed by atoms with Crippen LogP contribution in [-0.4, -0.2) is 28.8 Å². The predicted octanol–water partition coefficient (Wildman–Crippen LogP) is 3.10. The maximum absolute atomic E-state index is 11.7. The first kappa shape index (κ1) is 17.6. The van der Waals surface area contributed by atoms with Crippen molar-refractivity contribution in [3.05, 3.63) is 57.5 Å². The van der Waals surface area contributed by atoms with Gasteiger partial charge in [0.15, 0.2) is 5.16 Å². The topological polar surface area (TPSA) is 72.0 Å². The highest BCUT2D eigenvalue weighted by atomic mass is 32.2. The van der Waals surface area contributed by atoms with E-state index in [2.05, 4.69) is 21.6 Å². The number of hydrogen-bond donors (Lipinski definition) is 1. The van der Waals surface area contributed by atoms with Crippen LogP contribution in [0.4, 0.5) is 0 Å². The molecule has 0 saturated heterocycles. The van der Waals surface area contributed by atoms with E-state index < -0.39 is 0 Å². The fraction of sp³-hybridized carbons (Fsp3) is 0.312. The molecule has 1 heterocycles. The number of rotatable bonds is 7. The van der Waals surface area contributed by atoms with Gasteiger partial charge in [-0.15, -0.1) is 0 Å². The second-order valence-corrected chi connectivity index (χ2v) is 6.89. The molecule has 0 fully saturated rings. The molecule has 0 atom stereocenters. The quantitative estimate of drug-likeness (QED) is 0.470. The van der Waals surface area contributed by atoms with Crippen LogP contribution in [0.5, 0.6) is 0 Å². The zero-order chi connectivity index (χ0) is 16.7. The van der Waals surface area contributed by atoms with Gasteiger partial charge in [0, 0.05) is 17.6 Å². The molecule has 0 unspecified atom stereocenters. The second kappa shape index (κ2) is 8.79. The summed E-state index contributed by atoms with van der Waals surface area (Å²) >= 11 is 3.19. The van der Waals surface area contributed by atoms with Gasteiger partial charge in [0.25, 0.3) is 5.56 Å². The first-order valence-electron chi connectivity index (χ1n) is 7.10. The number of thioether (sulfide) groups is 2. The van der Waals surface area contributed by atoms with Crippen LogP contribution in [0.2, 0.25) is 0 Å². The number of benzene rings is 1. The van der Waals surface area contributed by atoms with Crippen LogP contribution in [0.25, 0.3) is 0 Å². The van der Waals surface area contributed by atoms with Crippen LogP contribution < -0.4 is 5.56 Å². The number of carbonyl (C=O) groups excluding carboxylic acids is 1. The minimum atomic E-state index is -0.351. The summed E-state index contributed by atoms with van der Waals surface area (Å²) in [5, 5.41) is 0.612. The normalized spacial score (nSPS) is 10.5. The molecule has 0 bridgehead atoms. The number of esters is 1. The Morgan fingerprint density at radius 3 is 2.65 bits per heavy atom. The average molecular weight is 350 g/mol. The molecule has 0 aliphatic rings. The van der Waals surface area contributed by atoms with Gasteiger partial charge in [0.1, 0.15) is 0 Å². The Labute approximate surface area is 143 Å². The first-order valence-corrected chi connectivity index (χ1v) is 9.24. The highest BCUT2D eigenvalue weighted by Crippen LogP contribution is 2.20. The fourth-order valence-electron chi connectivity index (χ4n) is 1.84. The Morgan fingerprint density at radius 1 is 1.26 bits per heavy atom.